The van der Waals surface area contributed by atoms with Gasteiger partial charge < -0.3 is 10.3 Å². The summed E-state index contributed by atoms with van der Waals surface area (Å²) in [6.45, 7) is 0. The standard InChI is InChI=1S/C16H20ClN3/c17-11-5-3-7-13-15(11)20-16(19-13)14-9-8-10-4-1-2-6-12(10)18-14/h3,5,7,10,12,14,18H,1-2,4,6,8-9H2,(H,19,20). The second-order valence-electron chi connectivity index (χ2n) is 6.21. The SMILES string of the molecule is Clc1cccc2[nH]c(C3CCC4CCCCC4N3)nc12. The average Bonchev–Trinajstić information content (AvgIpc) is 2.92. The third-order valence-corrected chi connectivity index (χ3v) is 5.27. The lowest BCUT2D eigenvalue weighted by atomic mass is 9.77. The number of imidazole rings is 1. The van der Waals surface area contributed by atoms with E-state index in [1.807, 2.05) is 18.2 Å². The summed E-state index contributed by atoms with van der Waals surface area (Å²) in [6.07, 6.45) is 8.00. The number of benzene rings is 1. The number of aromatic amines is 1. The zero-order valence-electron chi connectivity index (χ0n) is 11.5. The van der Waals surface area contributed by atoms with Gasteiger partial charge in [-0.25, -0.2) is 4.98 Å². The van der Waals surface area contributed by atoms with Crippen molar-refractivity contribution in [3.8, 4) is 0 Å². The van der Waals surface area contributed by atoms with Crippen molar-refractivity contribution in [1.82, 2.24) is 15.3 Å². The summed E-state index contributed by atoms with van der Waals surface area (Å²) in [6, 6.07) is 6.96. The molecule has 2 aromatic rings. The topological polar surface area (TPSA) is 40.7 Å². The molecule has 20 heavy (non-hydrogen) atoms. The van der Waals surface area contributed by atoms with E-state index in [9.17, 15) is 0 Å². The van der Waals surface area contributed by atoms with Crippen LogP contribution in [0.5, 0.6) is 0 Å². The molecule has 1 saturated carbocycles. The smallest absolute Gasteiger partial charge is 0.124 e. The lowest BCUT2D eigenvalue weighted by Crippen LogP contribution is -2.45. The van der Waals surface area contributed by atoms with Crippen molar-refractivity contribution < 1.29 is 0 Å². The fraction of sp³-hybridized carbons (Fsp3) is 0.562. The molecule has 2 heterocycles. The molecule has 106 valence electrons. The quantitative estimate of drug-likeness (QED) is 0.826. The van der Waals surface area contributed by atoms with Crippen LogP contribution in [0.25, 0.3) is 11.0 Å². The number of para-hydroxylation sites is 1. The number of piperidine rings is 1. The molecule has 0 amide bonds. The number of H-pyrrole nitrogens is 1. The number of hydrogen-bond donors (Lipinski definition) is 2. The van der Waals surface area contributed by atoms with Crippen LogP contribution in [0, 0.1) is 5.92 Å². The van der Waals surface area contributed by atoms with Crippen molar-refractivity contribution in [3.63, 3.8) is 0 Å². The van der Waals surface area contributed by atoms with Crippen molar-refractivity contribution in [1.29, 1.82) is 0 Å². The second-order valence-corrected chi connectivity index (χ2v) is 6.61. The lowest BCUT2D eigenvalue weighted by Gasteiger charge is -2.39. The number of halogens is 1. The van der Waals surface area contributed by atoms with Crippen LogP contribution in [0.2, 0.25) is 5.02 Å². The predicted octanol–water partition coefficient (Wildman–Crippen LogP) is 4.20. The number of nitrogens with one attached hydrogen (secondary N) is 2. The third-order valence-electron chi connectivity index (χ3n) is 4.96. The maximum Gasteiger partial charge on any atom is 0.124 e. The van der Waals surface area contributed by atoms with E-state index in [-0.39, 0.29) is 0 Å². The van der Waals surface area contributed by atoms with Crippen molar-refractivity contribution in [2.24, 2.45) is 5.92 Å². The van der Waals surface area contributed by atoms with Crippen molar-refractivity contribution in [2.45, 2.75) is 50.6 Å². The highest BCUT2D eigenvalue weighted by atomic mass is 35.5. The van der Waals surface area contributed by atoms with E-state index in [0.29, 0.717) is 12.1 Å². The molecule has 2 aliphatic rings. The minimum atomic E-state index is 0.359. The van der Waals surface area contributed by atoms with Gasteiger partial charge in [-0.15, -0.1) is 0 Å². The summed E-state index contributed by atoms with van der Waals surface area (Å²) < 4.78 is 0. The Kier molecular flexibility index (Phi) is 3.20. The van der Waals surface area contributed by atoms with Gasteiger partial charge in [0.05, 0.1) is 16.6 Å². The predicted molar refractivity (Wildman–Crippen MR) is 82.0 cm³/mol. The molecule has 2 fully saturated rings. The highest BCUT2D eigenvalue weighted by Crippen LogP contribution is 2.36. The van der Waals surface area contributed by atoms with Crippen LogP contribution >= 0.6 is 11.6 Å². The molecule has 1 aliphatic heterocycles. The van der Waals surface area contributed by atoms with Gasteiger partial charge in [0, 0.05) is 6.04 Å². The molecule has 3 unspecified atom stereocenters. The summed E-state index contributed by atoms with van der Waals surface area (Å²) in [5.41, 5.74) is 1.94. The molecule has 1 aromatic carbocycles. The van der Waals surface area contributed by atoms with Gasteiger partial charge in [-0.1, -0.05) is 30.5 Å². The first-order chi connectivity index (χ1) is 9.81. The Morgan fingerprint density at radius 3 is 2.90 bits per heavy atom. The summed E-state index contributed by atoms with van der Waals surface area (Å²) in [4.78, 5) is 8.17. The van der Waals surface area contributed by atoms with E-state index >= 15 is 0 Å². The molecule has 4 rings (SSSR count). The first kappa shape index (κ1) is 12.7. The Labute approximate surface area is 124 Å². The molecular weight excluding hydrogens is 270 g/mol. The maximum absolute atomic E-state index is 6.22. The fourth-order valence-corrected chi connectivity index (χ4v) is 4.11. The van der Waals surface area contributed by atoms with Gasteiger partial charge in [0.25, 0.3) is 0 Å². The number of rotatable bonds is 1. The van der Waals surface area contributed by atoms with Crippen molar-refractivity contribution in [2.75, 3.05) is 0 Å². The van der Waals surface area contributed by atoms with E-state index in [4.69, 9.17) is 16.6 Å². The lowest BCUT2D eigenvalue weighted by molar-refractivity contribution is 0.174. The summed E-state index contributed by atoms with van der Waals surface area (Å²) >= 11 is 6.22. The monoisotopic (exact) mass is 289 g/mol. The number of hydrogen-bond acceptors (Lipinski definition) is 2. The van der Waals surface area contributed by atoms with Crippen LogP contribution in [0.3, 0.4) is 0 Å². The first-order valence-corrected chi connectivity index (χ1v) is 8.09. The first-order valence-electron chi connectivity index (χ1n) is 7.71. The molecule has 0 radical (unpaired) electrons. The molecule has 1 aliphatic carbocycles. The highest BCUT2D eigenvalue weighted by Gasteiger charge is 2.33. The summed E-state index contributed by atoms with van der Waals surface area (Å²) in [7, 11) is 0. The highest BCUT2D eigenvalue weighted by molar-refractivity contribution is 6.34. The maximum atomic E-state index is 6.22. The molecule has 3 nitrogen and oxygen atoms in total. The van der Waals surface area contributed by atoms with E-state index in [2.05, 4.69) is 10.3 Å². The van der Waals surface area contributed by atoms with Gasteiger partial charge in [-0.3, -0.25) is 0 Å². The van der Waals surface area contributed by atoms with Gasteiger partial charge in [-0.05, 0) is 43.7 Å². The number of nitrogens with zero attached hydrogens (tertiary/aromatic N) is 1. The zero-order chi connectivity index (χ0) is 13.5. The summed E-state index contributed by atoms with van der Waals surface area (Å²) in [5.74, 6) is 1.94. The molecular formula is C16H20ClN3. The van der Waals surface area contributed by atoms with Gasteiger partial charge >= 0.3 is 0 Å². The third kappa shape index (κ3) is 2.13. The second kappa shape index (κ2) is 5.05. The normalized spacial score (nSPS) is 30.4. The van der Waals surface area contributed by atoms with Gasteiger partial charge in [0.2, 0.25) is 0 Å². The molecule has 1 saturated heterocycles. The van der Waals surface area contributed by atoms with Crippen LogP contribution in [0.15, 0.2) is 18.2 Å². The fourth-order valence-electron chi connectivity index (χ4n) is 3.89. The van der Waals surface area contributed by atoms with Gasteiger partial charge in [0.1, 0.15) is 11.3 Å². The van der Waals surface area contributed by atoms with Crippen LogP contribution < -0.4 is 5.32 Å². The Balaban J connectivity index is 1.61. The molecule has 2 N–H and O–H groups in total. The average molecular weight is 290 g/mol. The van der Waals surface area contributed by atoms with E-state index in [1.54, 1.807) is 0 Å². The van der Waals surface area contributed by atoms with Crippen molar-refractivity contribution in [3.05, 3.63) is 29.0 Å². The minimum Gasteiger partial charge on any atom is -0.341 e. The Morgan fingerprint density at radius 1 is 1.10 bits per heavy atom. The molecule has 0 bridgehead atoms. The van der Waals surface area contributed by atoms with Crippen LogP contribution in [-0.2, 0) is 0 Å². The number of fused-ring (bicyclic) bond motifs is 2. The van der Waals surface area contributed by atoms with Crippen molar-refractivity contribution >= 4 is 22.6 Å². The van der Waals surface area contributed by atoms with E-state index < -0.39 is 0 Å². The van der Waals surface area contributed by atoms with E-state index in [0.717, 1.165) is 27.8 Å². The van der Waals surface area contributed by atoms with Crippen LogP contribution in [0.4, 0.5) is 0 Å². The molecule has 1 aromatic heterocycles. The van der Waals surface area contributed by atoms with E-state index in [1.165, 1.54) is 38.5 Å². The molecule has 4 heteroatoms. The number of aromatic nitrogens is 2. The van der Waals surface area contributed by atoms with Gasteiger partial charge in [0.15, 0.2) is 0 Å². The van der Waals surface area contributed by atoms with Crippen LogP contribution in [-0.4, -0.2) is 16.0 Å². The van der Waals surface area contributed by atoms with Crippen LogP contribution in [0.1, 0.15) is 50.4 Å². The Hall–Kier alpha value is -1.06. The van der Waals surface area contributed by atoms with Gasteiger partial charge in [-0.2, -0.15) is 0 Å². The molecule has 0 spiro atoms. The molecule has 3 atom stereocenters. The Morgan fingerprint density at radius 2 is 2.00 bits per heavy atom. The minimum absolute atomic E-state index is 0.359. The summed E-state index contributed by atoms with van der Waals surface area (Å²) in [5, 5.41) is 4.55. The zero-order valence-corrected chi connectivity index (χ0v) is 12.3. The largest absolute Gasteiger partial charge is 0.341 e. The Bertz CT molecular complexity index is 621.